The molecule has 118 valence electrons. The number of carbonyl (C=O) groups excluding carboxylic acids is 1. The van der Waals surface area contributed by atoms with Crippen LogP contribution in [0.3, 0.4) is 0 Å². The zero-order valence-corrected chi connectivity index (χ0v) is 12.6. The highest BCUT2D eigenvalue weighted by Gasteiger charge is 2.13. The zero-order valence-electron chi connectivity index (χ0n) is 12.6. The van der Waals surface area contributed by atoms with Crippen molar-refractivity contribution in [2.24, 2.45) is 0 Å². The first-order valence-corrected chi connectivity index (χ1v) is 7.79. The summed E-state index contributed by atoms with van der Waals surface area (Å²) in [5.74, 6) is -0.131. The Morgan fingerprint density at radius 2 is 2.00 bits per heavy atom. The monoisotopic (exact) mass is 288 g/mol. The van der Waals surface area contributed by atoms with Crippen molar-refractivity contribution in [2.45, 2.75) is 58.2 Å². The fourth-order valence-corrected chi connectivity index (χ4v) is 1.99. The lowest BCUT2D eigenvalue weighted by Crippen LogP contribution is -2.24. The van der Waals surface area contributed by atoms with Crippen LogP contribution < -0.4 is 0 Å². The summed E-state index contributed by atoms with van der Waals surface area (Å²) in [7, 11) is 0. The molecule has 1 aliphatic heterocycles. The van der Waals surface area contributed by atoms with E-state index in [-0.39, 0.29) is 12.3 Å². The van der Waals surface area contributed by atoms with Crippen molar-refractivity contribution in [3.63, 3.8) is 0 Å². The molecule has 1 unspecified atom stereocenters. The van der Waals surface area contributed by atoms with Gasteiger partial charge in [0.2, 0.25) is 0 Å². The summed E-state index contributed by atoms with van der Waals surface area (Å²) in [5.41, 5.74) is 0. The molecule has 0 N–H and O–H groups in total. The van der Waals surface area contributed by atoms with E-state index < -0.39 is 0 Å². The largest absolute Gasteiger partial charge is 0.463 e. The minimum absolute atomic E-state index is 0.0660. The van der Waals surface area contributed by atoms with Crippen LogP contribution in [0, 0.1) is 0 Å². The lowest BCUT2D eigenvalue weighted by atomic mass is 10.2. The predicted octanol–water partition coefficient (Wildman–Crippen LogP) is 2.67. The van der Waals surface area contributed by atoms with E-state index in [1.807, 2.05) is 0 Å². The molecule has 1 aliphatic rings. The molecule has 1 heterocycles. The molecule has 5 heteroatoms. The fourth-order valence-electron chi connectivity index (χ4n) is 1.99. The van der Waals surface area contributed by atoms with Crippen LogP contribution in [0.5, 0.6) is 0 Å². The predicted molar refractivity (Wildman–Crippen MR) is 75.5 cm³/mol. The smallest absolute Gasteiger partial charge is 0.305 e. The third-order valence-electron chi connectivity index (χ3n) is 3.14. The Hall–Kier alpha value is -0.650. The molecular formula is C15H28O5. The Morgan fingerprint density at radius 1 is 1.15 bits per heavy atom. The molecule has 5 nitrogen and oxygen atoms in total. The van der Waals surface area contributed by atoms with Crippen LogP contribution in [0.25, 0.3) is 0 Å². The maximum absolute atomic E-state index is 11.3. The quantitative estimate of drug-likeness (QED) is 0.432. The molecule has 0 saturated carbocycles. The van der Waals surface area contributed by atoms with Gasteiger partial charge in [0.25, 0.3) is 0 Å². The Balaban J connectivity index is 1.81. The molecule has 1 saturated heterocycles. The van der Waals surface area contributed by atoms with E-state index in [1.54, 1.807) is 0 Å². The van der Waals surface area contributed by atoms with Gasteiger partial charge in [-0.05, 0) is 25.7 Å². The van der Waals surface area contributed by atoms with Crippen molar-refractivity contribution in [1.29, 1.82) is 0 Å². The maximum atomic E-state index is 11.3. The summed E-state index contributed by atoms with van der Waals surface area (Å²) in [6, 6.07) is 0. The molecule has 0 aromatic rings. The minimum Gasteiger partial charge on any atom is -0.463 e. The second kappa shape index (κ2) is 12.1. The van der Waals surface area contributed by atoms with E-state index in [0.29, 0.717) is 32.8 Å². The van der Waals surface area contributed by atoms with Crippen LogP contribution in [-0.4, -0.2) is 45.3 Å². The van der Waals surface area contributed by atoms with E-state index in [2.05, 4.69) is 6.92 Å². The van der Waals surface area contributed by atoms with Crippen molar-refractivity contribution in [3.8, 4) is 0 Å². The zero-order chi connectivity index (χ0) is 14.5. The van der Waals surface area contributed by atoms with Gasteiger partial charge in [0, 0.05) is 13.0 Å². The van der Waals surface area contributed by atoms with Gasteiger partial charge in [0.05, 0.1) is 19.8 Å². The van der Waals surface area contributed by atoms with E-state index >= 15 is 0 Å². The molecule has 0 bridgehead atoms. The third-order valence-corrected chi connectivity index (χ3v) is 3.14. The number of rotatable bonds is 11. The average molecular weight is 288 g/mol. The van der Waals surface area contributed by atoms with Gasteiger partial charge in [-0.3, -0.25) is 4.79 Å². The molecule has 20 heavy (non-hydrogen) atoms. The summed E-state index contributed by atoms with van der Waals surface area (Å²) in [6.45, 7) is 4.68. The summed E-state index contributed by atoms with van der Waals surface area (Å²) < 4.78 is 21.4. The molecule has 0 radical (unpaired) electrons. The molecular weight excluding hydrogens is 260 g/mol. The third kappa shape index (κ3) is 9.28. The number of ether oxygens (including phenoxy) is 4. The van der Waals surface area contributed by atoms with Gasteiger partial charge in [-0.1, -0.05) is 19.8 Å². The van der Waals surface area contributed by atoms with Gasteiger partial charge in [-0.15, -0.1) is 0 Å². The molecule has 0 spiro atoms. The number of carbonyl (C=O) groups is 1. The first-order chi connectivity index (χ1) is 9.83. The SMILES string of the molecule is CCCCCC(=O)OCCOCCOC1CCCCO1. The van der Waals surface area contributed by atoms with Crippen LogP contribution >= 0.6 is 0 Å². The minimum atomic E-state index is -0.131. The number of unbranched alkanes of at least 4 members (excludes halogenated alkanes) is 2. The van der Waals surface area contributed by atoms with Crippen molar-refractivity contribution < 1.29 is 23.7 Å². The highest BCUT2D eigenvalue weighted by Crippen LogP contribution is 2.13. The van der Waals surface area contributed by atoms with Crippen molar-refractivity contribution in [1.82, 2.24) is 0 Å². The lowest BCUT2D eigenvalue weighted by molar-refractivity contribution is -0.169. The van der Waals surface area contributed by atoms with Crippen LogP contribution in [0.15, 0.2) is 0 Å². The summed E-state index contributed by atoms with van der Waals surface area (Å²) >= 11 is 0. The van der Waals surface area contributed by atoms with E-state index in [1.165, 1.54) is 6.42 Å². The second-order valence-corrected chi connectivity index (χ2v) is 4.96. The van der Waals surface area contributed by atoms with E-state index in [4.69, 9.17) is 18.9 Å². The molecule has 1 fully saturated rings. The number of hydrogen-bond donors (Lipinski definition) is 0. The molecule has 1 atom stereocenters. The van der Waals surface area contributed by atoms with Gasteiger partial charge in [-0.25, -0.2) is 0 Å². The summed E-state index contributed by atoms with van der Waals surface area (Å²) in [6.07, 6.45) is 6.80. The number of esters is 1. The van der Waals surface area contributed by atoms with Crippen molar-refractivity contribution >= 4 is 5.97 Å². The van der Waals surface area contributed by atoms with Gasteiger partial charge in [0.1, 0.15) is 6.61 Å². The topological polar surface area (TPSA) is 54.0 Å². The standard InChI is InChI=1S/C15H28O5/c1-2-3-4-7-14(16)18-12-10-17-11-13-20-15-8-5-6-9-19-15/h15H,2-13H2,1H3. The summed E-state index contributed by atoms with van der Waals surface area (Å²) in [4.78, 5) is 11.3. The highest BCUT2D eigenvalue weighted by molar-refractivity contribution is 5.69. The van der Waals surface area contributed by atoms with Crippen LogP contribution in [0.4, 0.5) is 0 Å². The first kappa shape index (κ1) is 17.4. The molecule has 0 amide bonds. The van der Waals surface area contributed by atoms with Gasteiger partial charge in [-0.2, -0.15) is 0 Å². The van der Waals surface area contributed by atoms with Crippen LogP contribution in [0.1, 0.15) is 51.9 Å². The Labute approximate surface area is 121 Å². The van der Waals surface area contributed by atoms with Crippen molar-refractivity contribution in [2.75, 3.05) is 33.0 Å². The molecule has 0 aliphatic carbocycles. The number of hydrogen-bond acceptors (Lipinski definition) is 5. The van der Waals surface area contributed by atoms with Crippen molar-refractivity contribution in [3.05, 3.63) is 0 Å². The Kier molecular flexibility index (Phi) is 10.5. The first-order valence-electron chi connectivity index (χ1n) is 7.79. The van der Waals surface area contributed by atoms with Gasteiger partial charge < -0.3 is 18.9 Å². The highest BCUT2D eigenvalue weighted by atomic mass is 16.7. The molecule has 0 aromatic carbocycles. The van der Waals surface area contributed by atoms with Crippen LogP contribution in [-0.2, 0) is 23.7 Å². The average Bonchev–Trinajstić information content (AvgIpc) is 2.47. The van der Waals surface area contributed by atoms with E-state index in [9.17, 15) is 4.79 Å². The lowest BCUT2D eigenvalue weighted by Gasteiger charge is -2.22. The Morgan fingerprint density at radius 3 is 2.75 bits per heavy atom. The molecule has 1 rings (SSSR count). The van der Waals surface area contributed by atoms with Crippen LogP contribution in [0.2, 0.25) is 0 Å². The molecule has 0 aromatic heterocycles. The van der Waals surface area contributed by atoms with Gasteiger partial charge >= 0.3 is 5.97 Å². The van der Waals surface area contributed by atoms with E-state index in [0.717, 1.165) is 38.7 Å². The maximum Gasteiger partial charge on any atom is 0.305 e. The normalized spacial score (nSPS) is 18.9. The fraction of sp³-hybridized carbons (Fsp3) is 0.933. The van der Waals surface area contributed by atoms with Gasteiger partial charge in [0.15, 0.2) is 6.29 Å². The second-order valence-electron chi connectivity index (χ2n) is 4.96. The summed E-state index contributed by atoms with van der Waals surface area (Å²) in [5, 5.41) is 0. The Bertz CT molecular complexity index is 238.